The van der Waals surface area contributed by atoms with Crippen molar-refractivity contribution in [3.8, 4) is 11.8 Å². The number of piperazine rings is 1. The Morgan fingerprint density at radius 2 is 2.25 bits per heavy atom. The van der Waals surface area contributed by atoms with Gasteiger partial charge in [0.25, 0.3) is 0 Å². The lowest BCUT2D eigenvalue weighted by atomic mass is 10.0. The molecule has 1 aromatic carbocycles. The van der Waals surface area contributed by atoms with Crippen molar-refractivity contribution in [3.05, 3.63) is 29.8 Å². The van der Waals surface area contributed by atoms with Gasteiger partial charge in [0.05, 0.1) is 13.2 Å². The molecule has 1 heterocycles. The van der Waals surface area contributed by atoms with Gasteiger partial charge in [-0.05, 0) is 31.2 Å². The maximum absolute atomic E-state index is 9.56. The van der Waals surface area contributed by atoms with Crippen LogP contribution >= 0.6 is 0 Å². The van der Waals surface area contributed by atoms with Crippen molar-refractivity contribution in [1.29, 1.82) is 5.26 Å². The fourth-order valence-corrected chi connectivity index (χ4v) is 2.91. The van der Waals surface area contributed by atoms with Gasteiger partial charge in [0.1, 0.15) is 11.8 Å². The molecule has 2 unspecified atom stereocenters. The van der Waals surface area contributed by atoms with Crippen molar-refractivity contribution in [2.24, 2.45) is 0 Å². The normalized spacial score (nSPS) is 22.2. The van der Waals surface area contributed by atoms with Gasteiger partial charge in [-0.25, -0.2) is 0 Å². The number of hydrogen-bond donors (Lipinski definition) is 0. The van der Waals surface area contributed by atoms with E-state index in [4.69, 9.17) is 4.74 Å². The molecule has 0 spiro atoms. The van der Waals surface area contributed by atoms with Crippen molar-refractivity contribution >= 4 is 0 Å². The molecule has 4 nitrogen and oxygen atoms in total. The SMILES string of the molecule is CCN1CCN(C(C#N)c2cccc(OC)c2)CC1C. The van der Waals surface area contributed by atoms with Crippen LogP contribution in [-0.4, -0.2) is 49.1 Å². The Morgan fingerprint density at radius 3 is 2.85 bits per heavy atom. The Morgan fingerprint density at radius 1 is 1.45 bits per heavy atom. The molecular weight excluding hydrogens is 250 g/mol. The minimum absolute atomic E-state index is 0.188. The molecule has 1 saturated heterocycles. The third-order valence-electron chi connectivity index (χ3n) is 4.10. The molecule has 0 aliphatic carbocycles. The van der Waals surface area contributed by atoms with E-state index in [2.05, 4.69) is 29.7 Å². The Hall–Kier alpha value is -1.57. The van der Waals surface area contributed by atoms with Crippen molar-refractivity contribution in [3.63, 3.8) is 0 Å². The van der Waals surface area contributed by atoms with Crippen LogP contribution in [-0.2, 0) is 0 Å². The summed E-state index contributed by atoms with van der Waals surface area (Å²) >= 11 is 0. The topological polar surface area (TPSA) is 39.5 Å². The Balaban J connectivity index is 2.14. The summed E-state index contributed by atoms with van der Waals surface area (Å²) in [4.78, 5) is 4.72. The van der Waals surface area contributed by atoms with Crippen LogP contribution in [0.5, 0.6) is 5.75 Å². The van der Waals surface area contributed by atoms with E-state index >= 15 is 0 Å². The number of methoxy groups -OCH3 is 1. The minimum Gasteiger partial charge on any atom is -0.497 e. The monoisotopic (exact) mass is 273 g/mol. The van der Waals surface area contributed by atoms with Gasteiger partial charge in [-0.15, -0.1) is 0 Å². The Labute approximate surface area is 121 Å². The third kappa shape index (κ3) is 3.12. The summed E-state index contributed by atoms with van der Waals surface area (Å²) in [6, 6.07) is 10.6. The molecule has 1 aliphatic heterocycles. The molecule has 2 atom stereocenters. The van der Waals surface area contributed by atoms with E-state index in [1.807, 2.05) is 24.3 Å². The molecule has 1 aromatic rings. The second-order valence-corrected chi connectivity index (χ2v) is 5.28. The summed E-state index contributed by atoms with van der Waals surface area (Å²) in [5.41, 5.74) is 1.02. The van der Waals surface area contributed by atoms with Gasteiger partial charge in [0.2, 0.25) is 0 Å². The van der Waals surface area contributed by atoms with Gasteiger partial charge in [0, 0.05) is 25.7 Å². The highest BCUT2D eigenvalue weighted by atomic mass is 16.5. The molecular formula is C16H23N3O. The van der Waals surface area contributed by atoms with Crippen LogP contribution in [0.3, 0.4) is 0 Å². The van der Waals surface area contributed by atoms with E-state index in [9.17, 15) is 5.26 Å². The van der Waals surface area contributed by atoms with Crippen LogP contribution in [0.2, 0.25) is 0 Å². The fraction of sp³-hybridized carbons (Fsp3) is 0.562. The number of ether oxygens (including phenoxy) is 1. The minimum atomic E-state index is -0.188. The largest absolute Gasteiger partial charge is 0.497 e. The van der Waals surface area contributed by atoms with Gasteiger partial charge >= 0.3 is 0 Å². The van der Waals surface area contributed by atoms with Gasteiger partial charge in [-0.3, -0.25) is 9.80 Å². The van der Waals surface area contributed by atoms with Gasteiger partial charge in [-0.1, -0.05) is 19.1 Å². The van der Waals surface area contributed by atoms with E-state index in [0.717, 1.165) is 37.5 Å². The van der Waals surface area contributed by atoms with E-state index in [0.29, 0.717) is 6.04 Å². The molecule has 108 valence electrons. The van der Waals surface area contributed by atoms with Crippen molar-refractivity contribution in [2.45, 2.75) is 25.9 Å². The van der Waals surface area contributed by atoms with E-state index in [-0.39, 0.29) is 6.04 Å². The van der Waals surface area contributed by atoms with Gasteiger partial charge in [0.15, 0.2) is 0 Å². The number of rotatable bonds is 4. The van der Waals surface area contributed by atoms with E-state index in [1.54, 1.807) is 7.11 Å². The molecule has 0 aromatic heterocycles. The summed E-state index contributed by atoms with van der Waals surface area (Å²) in [5.74, 6) is 0.808. The third-order valence-corrected chi connectivity index (χ3v) is 4.10. The van der Waals surface area contributed by atoms with Crippen molar-refractivity contribution in [1.82, 2.24) is 9.80 Å². The molecule has 20 heavy (non-hydrogen) atoms. The Kier molecular flexibility index (Phi) is 4.99. The lowest BCUT2D eigenvalue weighted by Crippen LogP contribution is -2.52. The van der Waals surface area contributed by atoms with Crippen molar-refractivity contribution < 1.29 is 4.74 Å². The van der Waals surface area contributed by atoms with Gasteiger partial charge in [-0.2, -0.15) is 5.26 Å². The van der Waals surface area contributed by atoms with Crippen LogP contribution < -0.4 is 4.74 Å². The summed E-state index contributed by atoms with van der Waals surface area (Å²) in [7, 11) is 1.66. The zero-order chi connectivity index (χ0) is 14.5. The molecule has 0 radical (unpaired) electrons. The molecule has 0 saturated carbocycles. The lowest BCUT2D eigenvalue weighted by Gasteiger charge is -2.41. The number of nitrogens with zero attached hydrogens (tertiary/aromatic N) is 3. The zero-order valence-corrected chi connectivity index (χ0v) is 12.5. The summed E-state index contributed by atoms with van der Waals surface area (Å²) < 4.78 is 5.26. The lowest BCUT2D eigenvalue weighted by molar-refractivity contribution is 0.0729. The summed E-state index contributed by atoms with van der Waals surface area (Å²) in [6.07, 6.45) is 0. The molecule has 0 amide bonds. The van der Waals surface area contributed by atoms with Crippen LogP contribution in [0, 0.1) is 11.3 Å². The number of likely N-dealkylation sites (N-methyl/N-ethyl adjacent to an activating group) is 1. The predicted octanol–water partition coefficient (Wildman–Crippen LogP) is 2.29. The standard InChI is InChI=1S/C16H23N3O/c1-4-18-8-9-19(12-13(18)2)16(11-17)14-6-5-7-15(10-14)20-3/h5-7,10,13,16H,4,8-9,12H2,1-3H3. The zero-order valence-electron chi connectivity index (χ0n) is 12.5. The second kappa shape index (κ2) is 6.74. The molecule has 4 heteroatoms. The number of benzene rings is 1. The molecule has 0 N–H and O–H groups in total. The number of nitriles is 1. The molecule has 1 aliphatic rings. The highest BCUT2D eigenvalue weighted by Crippen LogP contribution is 2.26. The van der Waals surface area contributed by atoms with Crippen LogP contribution in [0.4, 0.5) is 0 Å². The molecule has 0 bridgehead atoms. The highest BCUT2D eigenvalue weighted by molar-refractivity contribution is 5.33. The smallest absolute Gasteiger partial charge is 0.124 e. The van der Waals surface area contributed by atoms with Crippen LogP contribution in [0.1, 0.15) is 25.5 Å². The first-order chi connectivity index (χ1) is 9.69. The highest BCUT2D eigenvalue weighted by Gasteiger charge is 2.28. The van der Waals surface area contributed by atoms with Crippen LogP contribution in [0.15, 0.2) is 24.3 Å². The molecule has 1 fully saturated rings. The average molecular weight is 273 g/mol. The predicted molar refractivity (Wildman–Crippen MR) is 79.6 cm³/mol. The summed E-state index contributed by atoms with van der Waals surface area (Å²) in [5, 5.41) is 9.56. The first kappa shape index (κ1) is 14.8. The van der Waals surface area contributed by atoms with Crippen molar-refractivity contribution in [2.75, 3.05) is 33.3 Å². The first-order valence-corrected chi connectivity index (χ1v) is 7.21. The van der Waals surface area contributed by atoms with E-state index < -0.39 is 0 Å². The maximum Gasteiger partial charge on any atom is 0.124 e. The fourth-order valence-electron chi connectivity index (χ4n) is 2.91. The molecule has 2 rings (SSSR count). The first-order valence-electron chi connectivity index (χ1n) is 7.21. The van der Waals surface area contributed by atoms with E-state index in [1.165, 1.54) is 0 Å². The maximum atomic E-state index is 9.56. The summed E-state index contributed by atoms with van der Waals surface area (Å²) in [6.45, 7) is 8.40. The number of hydrogen-bond acceptors (Lipinski definition) is 4. The average Bonchev–Trinajstić information content (AvgIpc) is 2.48. The quantitative estimate of drug-likeness (QED) is 0.844. The van der Waals surface area contributed by atoms with Crippen LogP contribution in [0.25, 0.3) is 0 Å². The van der Waals surface area contributed by atoms with Gasteiger partial charge < -0.3 is 4.74 Å². The second-order valence-electron chi connectivity index (χ2n) is 5.28. The Bertz CT molecular complexity index is 483.